The zero-order valence-corrected chi connectivity index (χ0v) is 14.8. The molecule has 0 fully saturated rings. The Labute approximate surface area is 148 Å². The van der Waals surface area contributed by atoms with Gasteiger partial charge in [0.05, 0.1) is 19.3 Å². The Balaban J connectivity index is 1.66. The standard InChI is InChI=1S/C20H23N3O2/c1-14(2)24-13-17-10-7-11-18(15(17)3)21-12-19-22-23-20(25-19)16-8-5-4-6-9-16/h4-11,14,21H,12-13H2,1-3H3. The second-order valence-electron chi connectivity index (χ2n) is 6.17. The number of hydrogen-bond acceptors (Lipinski definition) is 5. The number of nitrogens with one attached hydrogen (secondary N) is 1. The third-order valence-corrected chi connectivity index (χ3v) is 3.94. The van der Waals surface area contributed by atoms with Crippen LogP contribution in [0.25, 0.3) is 11.5 Å². The van der Waals surface area contributed by atoms with Gasteiger partial charge in [0.25, 0.3) is 0 Å². The van der Waals surface area contributed by atoms with Gasteiger partial charge >= 0.3 is 0 Å². The van der Waals surface area contributed by atoms with Crippen LogP contribution in [0.2, 0.25) is 0 Å². The van der Waals surface area contributed by atoms with E-state index in [1.807, 2.05) is 56.3 Å². The van der Waals surface area contributed by atoms with Crippen molar-refractivity contribution in [1.29, 1.82) is 0 Å². The largest absolute Gasteiger partial charge is 0.419 e. The Kier molecular flexibility index (Phi) is 5.46. The van der Waals surface area contributed by atoms with Crippen molar-refractivity contribution in [3.8, 4) is 11.5 Å². The molecule has 0 bridgehead atoms. The van der Waals surface area contributed by atoms with Crippen LogP contribution in [0.3, 0.4) is 0 Å². The highest BCUT2D eigenvalue weighted by Gasteiger charge is 2.09. The number of nitrogens with zero attached hydrogens (tertiary/aromatic N) is 2. The lowest BCUT2D eigenvalue weighted by molar-refractivity contribution is 0.0654. The Morgan fingerprint density at radius 2 is 1.84 bits per heavy atom. The fraction of sp³-hybridized carbons (Fsp3) is 0.300. The van der Waals surface area contributed by atoms with Crippen molar-refractivity contribution in [2.45, 2.75) is 40.0 Å². The van der Waals surface area contributed by atoms with Crippen LogP contribution in [0.4, 0.5) is 5.69 Å². The topological polar surface area (TPSA) is 60.2 Å². The van der Waals surface area contributed by atoms with E-state index < -0.39 is 0 Å². The molecule has 0 unspecified atom stereocenters. The van der Waals surface area contributed by atoms with Crippen LogP contribution in [0.1, 0.15) is 30.9 Å². The quantitative estimate of drug-likeness (QED) is 0.683. The smallest absolute Gasteiger partial charge is 0.247 e. The van der Waals surface area contributed by atoms with Crippen LogP contribution in [-0.2, 0) is 17.9 Å². The second kappa shape index (κ2) is 7.94. The minimum Gasteiger partial charge on any atom is -0.419 e. The lowest BCUT2D eigenvalue weighted by atomic mass is 10.1. The van der Waals surface area contributed by atoms with Crippen molar-refractivity contribution in [3.05, 3.63) is 65.5 Å². The summed E-state index contributed by atoms with van der Waals surface area (Å²) in [6, 6.07) is 15.9. The van der Waals surface area contributed by atoms with Gasteiger partial charge in [0.2, 0.25) is 11.8 Å². The summed E-state index contributed by atoms with van der Waals surface area (Å²) in [6.07, 6.45) is 0.214. The summed E-state index contributed by atoms with van der Waals surface area (Å²) in [5.41, 5.74) is 4.31. The number of ether oxygens (including phenoxy) is 1. The van der Waals surface area contributed by atoms with Gasteiger partial charge < -0.3 is 14.5 Å². The highest BCUT2D eigenvalue weighted by Crippen LogP contribution is 2.22. The first kappa shape index (κ1) is 17.2. The minimum atomic E-state index is 0.214. The second-order valence-corrected chi connectivity index (χ2v) is 6.17. The summed E-state index contributed by atoms with van der Waals surface area (Å²) in [5, 5.41) is 11.6. The fourth-order valence-corrected chi connectivity index (χ4v) is 2.48. The van der Waals surface area contributed by atoms with E-state index >= 15 is 0 Å². The molecule has 3 aromatic rings. The van der Waals surface area contributed by atoms with E-state index in [2.05, 4.69) is 28.5 Å². The number of benzene rings is 2. The van der Waals surface area contributed by atoms with E-state index in [0.717, 1.165) is 11.3 Å². The lowest BCUT2D eigenvalue weighted by Crippen LogP contribution is -2.06. The van der Waals surface area contributed by atoms with Crippen molar-refractivity contribution < 1.29 is 9.15 Å². The summed E-state index contributed by atoms with van der Waals surface area (Å²) in [7, 11) is 0. The maximum Gasteiger partial charge on any atom is 0.247 e. The molecule has 1 aromatic heterocycles. The molecule has 0 saturated heterocycles. The molecule has 0 spiro atoms. The van der Waals surface area contributed by atoms with E-state index in [-0.39, 0.29) is 6.10 Å². The van der Waals surface area contributed by atoms with Gasteiger partial charge in [0.1, 0.15) is 0 Å². The maximum atomic E-state index is 5.73. The summed E-state index contributed by atoms with van der Waals surface area (Å²) in [6.45, 7) is 7.26. The van der Waals surface area contributed by atoms with Crippen LogP contribution in [0.5, 0.6) is 0 Å². The Hall–Kier alpha value is -2.66. The molecule has 0 aliphatic rings. The number of anilines is 1. The number of hydrogen-bond donors (Lipinski definition) is 1. The molecule has 0 saturated carbocycles. The monoisotopic (exact) mass is 337 g/mol. The molecule has 130 valence electrons. The van der Waals surface area contributed by atoms with Crippen LogP contribution in [0, 0.1) is 6.92 Å². The van der Waals surface area contributed by atoms with Gasteiger partial charge in [0, 0.05) is 11.3 Å². The highest BCUT2D eigenvalue weighted by atomic mass is 16.5. The van der Waals surface area contributed by atoms with Crippen molar-refractivity contribution in [3.63, 3.8) is 0 Å². The lowest BCUT2D eigenvalue weighted by Gasteiger charge is -2.14. The van der Waals surface area contributed by atoms with E-state index in [4.69, 9.17) is 9.15 Å². The molecular weight excluding hydrogens is 314 g/mol. The zero-order valence-electron chi connectivity index (χ0n) is 14.8. The van der Waals surface area contributed by atoms with Crippen LogP contribution < -0.4 is 5.32 Å². The molecule has 3 rings (SSSR count). The molecular formula is C20H23N3O2. The first-order valence-electron chi connectivity index (χ1n) is 8.45. The van der Waals surface area contributed by atoms with Crippen molar-refractivity contribution in [2.24, 2.45) is 0 Å². The summed E-state index contributed by atoms with van der Waals surface area (Å²) < 4.78 is 11.4. The SMILES string of the molecule is Cc1c(COC(C)C)cccc1NCc1nnc(-c2ccccc2)o1. The van der Waals surface area contributed by atoms with Gasteiger partial charge in [-0.3, -0.25) is 0 Å². The summed E-state index contributed by atoms with van der Waals surface area (Å²) >= 11 is 0. The average Bonchev–Trinajstić information content (AvgIpc) is 3.09. The minimum absolute atomic E-state index is 0.214. The predicted octanol–water partition coefficient (Wildman–Crippen LogP) is 4.58. The number of rotatable bonds is 7. The molecule has 1 heterocycles. The molecule has 0 radical (unpaired) electrons. The van der Waals surface area contributed by atoms with Crippen molar-refractivity contribution in [1.82, 2.24) is 10.2 Å². The fourth-order valence-electron chi connectivity index (χ4n) is 2.48. The summed E-state index contributed by atoms with van der Waals surface area (Å²) in [5.74, 6) is 1.09. The van der Waals surface area contributed by atoms with Crippen molar-refractivity contribution >= 4 is 5.69 Å². The third-order valence-electron chi connectivity index (χ3n) is 3.94. The molecule has 5 heteroatoms. The van der Waals surface area contributed by atoms with Gasteiger partial charge in [-0.2, -0.15) is 0 Å². The molecule has 5 nitrogen and oxygen atoms in total. The van der Waals surface area contributed by atoms with Crippen LogP contribution in [0.15, 0.2) is 52.9 Å². The average molecular weight is 337 g/mol. The molecule has 2 aromatic carbocycles. The highest BCUT2D eigenvalue weighted by molar-refractivity contribution is 5.54. The molecule has 0 aliphatic carbocycles. The van der Waals surface area contributed by atoms with Gasteiger partial charge in [-0.1, -0.05) is 30.3 Å². The van der Waals surface area contributed by atoms with E-state index in [1.54, 1.807) is 0 Å². The first-order valence-corrected chi connectivity index (χ1v) is 8.45. The molecule has 0 amide bonds. The summed E-state index contributed by atoms with van der Waals surface area (Å²) in [4.78, 5) is 0. The first-order chi connectivity index (χ1) is 12.1. The van der Waals surface area contributed by atoms with Crippen LogP contribution >= 0.6 is 0 Å². The normalized spacial score (nSPS) is 11.0. The molecule has 25 heavy (non-hydrogen) atoms. The Bertz CT molecular complexity index is 813. The third kappa shape index (κ3) is 4.45. The Morgan fingerprint density at radius 3 is 2.60 bits per heavy atom. The number of aromatic nitrogens is 2. The molecule has 1 N–H and O–H groups in total. The van der Waals surface area contributed by atoms with Gasteiger partial charge in [-0.25, -0.2) is 0 Å². The van der Waals surface area contributed by atoms with Gasteiger partial charge in [0.15, 0.2) is 0 Å². The van der Waals surface area contributed by atoms with Crippen LogP contribution in [-0.4, -0.2) is 16.3 Å². The van der Waals surface area contributed by atoms with Gasteiger partial charge in [-0.05, 0) is 50.1 Å². The van der Waals surface area contributed by atoms with E-state index in [9.17, 15) is 0 Å². The van der Waals surface area contributed by atoms with E-state index in [1.165, 1.54) is 11.1 Å². The zero-order chi connectivity index (χ0) is 17.6. The van der Waals surface area contributed by atoms with Crippen molar-refractivity contribution in [2.75, 3.05) is 5.32 Å². The van der Waals surface area contributed by atoms with E-state index in [0.29, 0.717) is 24.9 Å². The molecule has 0 aliphatic heterocycles. The predicted molar refractivity (Wildman–Crippen MR) is 98.2 cm³/mol. The molecule has 0 atom stereocenters. The van der Waals surface area contributed by atoms with Gasteiger partial charge in [-0.15, -0.1) is 10.2 Å². The Morgan fingerprint density at radius 1 is 1.04 bits per heavy atom. The maximum absolute atomic E-state index is 5.73.